The van der Waals surface area contributed by atoms with Crippen LogP contribution in [-0.4, -0.2) is 84.4 Å². The Labute approximate surface area is 172 Å². The first-order valence-electron chi connectivity index (χ1n) is 10.3. The molecular weight excluding hydrogens is 372 g/mol. The van der Waals surface area contributed by atoms with Gasteiger partial charge in [-0.15, -0.1) is 11.3 Å². The molecule has 2 aliphatic heterocycles. The van der Waals surface area contributed by atoms with Crippen LogP contribution in [0.5, 0.6) is 0 Å². The highest BCUT2D eigenvalue weighted by Gasteiger charge is 2.24. The normalized spacial score (nSPS) is 19.4. The lowest BCUT2D eigenvalue weighted by atomic mass is 9.93. The monoisotopic (exact) mass is 406 g/mol. The maximum Gasteiger partial charge on any atom is 0.236 e. The zero-order chi connectivity index (χ0) is 20.1. The van der Waals surface area contributed by atoms with E-state index in [4.69, 9.17) is 4.98 Å². The van der Waals surface area contributed by atoms with Crippen LogP contribution in [0, 0.1) is 0 Å². The number of rotatable bonds is 4. The number of likely N-dealkylation sites (tertiary alicyclic amines) is 1. The largest absolute Gasteiger partial charge is 0.350 e. The van der Waals surface area contributed by atoms with E-state index in [9.17, 15) is 4.79 Å². The molecule has 0 radical (unpaired) electrons. The average molecular weight is 407 g/mol. The Balaban J connectivity index is 1.44. The van der Waals surface area contributed by atoms with E-state index in [0.717, 1.165) is 68.8 Å². The van der Waals surface area contributed by atoms with Crippen LogP contribution >= 0.6 is 11.3 Å². The van der Waals surface area contributed by atoms with E-state index in [-0.39, 0.29) is 11.3 Å². The van der Waals surface area contributed by atoms with Crippen molar-refractivity contribution in [3.63, 3.8) is 0 Å². The van der Waals surface area contributed by atoms with E-state index in [1.807, 2.05) is 11.9 Å². The van der Waals surface area contributed by atoms with Crippen LogP contribution in [-0.2, 0) is 16.8 Å². The second-order valence-electron chi connectivity index (χ2n) is 8.63. The number of hydrogen-bond acceptors (Lipinski definition) is 5. The molecule has 1 amide bonds. The third-order valence-electron chi connectivity index (χ3n) is 5.42. The van der Waals surface area contributed by atoms with Crippen molar-refractivity contribution in [3.8, 4) is 0 Å². The van der Waals surface area contributed by atoms with Crippen molar-refractivity contribution in [1.82, 2.24) is 25.0 Å². The van der Waals surface area contributed by atoms with Crippen molar-refractivity contribution in [2.75, 3.05) is 52.9 Å². The Morgan fingerprint density at radius 2 is 1.82 bits per heavy atom. The summed E-state index contributed by atoms with van der Waals surface area (Å²) in [6.45, 7) is 13.2. The molecule has 3 rings (SSSR count). The third-order valence-corrected chi connectivity index (χ3v) is 6.27. The highest BCUT2D eigenvalue weighted by molar-refractivity contribution is 7.09. The summed E-state index contributed by atoms with van der Waals surface area (Å²) in [5.74, 6) is 1.20. The summed E-state index contributed by atoms with van der Waals surface area (Å²) in [7, 11) is 1.83. The molecule has 8 heteroatoms. The van der Waals surface area contributed by atoms with Gasteiger partial charge < -0.3 is 15.1 Å². The van der Waals surface area contributed by atoms with Crippen LogP contribution in [0.4, 0.5) is 0 Å². The topological polar surface area (TPSA) is 64.1 Å². The number of carbonyl (C=O) groups excluding carboxylic acids is 1. The first kappa shape index (κ1) is 21.0. The van der Waals surface area contributed by atoms with E-state index in [1.165, 1.54) is 0 Å². The molecule has 2 saturated heterocycles. The van der Waals surface area contributed by atoms with Gasteiger partial charge in [-0.05, 0) is 12.8 Å². The predicted molar refractivity (Wildman–Crippen MR) is 115 cm³/mol. The Bertz CT molecular complexity index is 681. The predicted octanol–water partition coefficient (Wildman–Crippen LogP) is 1.76. The van der Waals surface area contributed by atoms with Crippen LogP contribution in [0.3, 0.4) is 0 Å². The first-order chi connectivity index (χ1) is 13.4. The van der Waals surface area contributed by atoms with Gasteiger partial charge in [-0.2, -0.15) is 0 Å². The molecule has 2 fully saturated rings. The van der Waals surface area contributed by atoms with Gasteiger partial charge in [0, 0.05) is 57.1 Å². The SMILES string of the molecule is CN=C(NCc1nc(C(C)(C)C)cs1)N1CCN(CC(=O)N2CCCC2)CC1. The van der Waals surface area contributed by atoms with Crippen molar-refractivity contribution < 1.29 is 4.79 Å². The van der Waals surface area contributed by atoms with Gasteiger partial charge in [0.25, 0.3) is 0 Å². The third kappa shape index (κ3) is 5.44. The van der Waals surface area contributed by atoms with Crippen LogP contribution < -0.4 is 5.32 Å². The Morgan fingerprint density at radius 3 is 2.39 bits per heavy atom. The summed E-state index contributed by atoms with van der Waals surface area (Å²) in [4.78, 5) is 28.1. The van der Waals surface area contributed by atoms with Crippen molar-refractivity contribution >= 4 is 23.2 Å². The molecule has 3 heterocycles. The zero-order valence-electron chi connectivity index (χ0n) is 17.7. The van der Waals surface area contributed by atoms with Gasteiger partial charge in [-0.3, -0.25) is 14.7 Å². The minimum absolute atomic E-state index is 0.0826. The molecule has 0 bridgehead atoms. The molecule has 0 spiro atoms. The van der Waals surface area contributed by atoms with Gasteiger partial charge in [0.2, 0.25) is 5.91 Å². The second-order valence-corrected chi connectivity index (χ2v) is 9.57. The molecule has 2 aliphatic rings. The summed E-state index contributed by atoms with van der Waals surface area (Å²) in [5, 5.41) is 6.68. The maximum absolute atomic E-state index is 12.3. The lowest BCUT2D eigenvalue weighted by Crippen LogP contribution is -2.54. The van der Waals surface area contributed by atoms with E-state index in [2.05, 4.69) is 46.3 Å². The van der Waals surface area contributed by atoms with Gasteiger partial charge >= 0.3 is 0 Å². The van der Waals surface area contributed by atoms with Crippen molar-refractivity contribution in [2.24, 2.45) is 4.99 Å². The number of guanidine groups is 1. The zero-order valence-corrected chi connectivity index (χ0v) is 18.5. The number of carbonyl (C=O) groups is 1. The molecule has 156 valence electrons. The van der Waals surface area contributed by atoms with Crippen LogP contribution in [0.2, 0.25) is 0 Å². The number of piperazine rings is 1. The molecule has 0 unspecified atom stereocenters. The van der Waals surface area contributed by atoms with Crippen molar-refractivity contribution in [3.05, 3.63) is 16.1 Å². The second kappa shape index (κ2) is 9.22. The minimum Gasteiger partial charge on any atom is -0.350 e. The molecule has 0 aliphatic carbocycles. The first-order valence-corrected chi connectivity index (χ1v) is 11.2. The molecule has 0 aromatic carbocycles. The molecule has 1 aromatic rings. The van der Waals surface area contributed by atoms with Crippen molar-refractivity contribution in [1.29, 1.82) is 0 Å². The molecule has 1 N–H and O–H groups in total. The fraction of sp³-hybridized carbons (Fsp3) is 0.750. The Morgan fingerprint density at radius 1 is 1.14 bits per heavy atom. The fourth-order valence-corrected chi connectivity index (χ4v) is 4.56. The van der Waals surface area contributed by atoms with E-state index in [0.29, 0.717) is 13.1 Å². The van der Waals surface area contributed by atoms with Crippen LogP contribution in [0.25, 0.3) is 0 Å². The van der Waals surface area contributed by atoms with Crippen LogP contribution in [0.15, 0.2) is 10.4 Å². The summed E-state index contributed by atoms with van der Waals surface area (Å²) in [6, 6.07) is 0. The standard InChI is InChI=1S/C20H34N6OS/c1-20(2,3)16-15-28-17(23-16)13-22-19(21-4)26-11-9-24(10-12-26)14-18(27)25-7-5-6-8-25/h15H,5-14H2,1-4H3,(H,21,22). The van der Waals surface area contributed by atoms with E-state index < -0.39 is 0 Å². The summed E-state index contributed by atoms with van der Waals surface area (Å²) in [6.07, 6.45) is 2.30. The molecular formula is C20H34N6OS. The van der Waals surface area contributed by atoms with Gasteiger partial charge in [0.15, 0.2) is 5.96 Å². The van der Waals surface area contributed by atoms with Gasteiger partial charge in [-0.1, -0.05) is 20.8 Å². The van der Waals surface area contributed by atoms with Gasteiger partial charge in [0.1, 0.15) is 5.01 Å². The molecule has 1 aromatic heterocycles. The number of aromatic nitrogens is 1. The van der Waals surface area contributed by atoms with Crippen LogP contribution in [0.1, 0.15) is 44.3 Å². The van der Waals surface area contributed by atoms with E-state index >= 15 is 0 Å². The molecule has 0 atom stereocenters. The number of thiazole rings is 1. The Kier molecular flexibility index (Phi) is 6.93. The number of aliphatic imine (C=N–C) groups is 1. The summed E-state index contributed by atoms with van der Waals surface area (Å²) < 4.78 is 0. The minimum atomic E-state index is 0.0826. The quantitative estimate of drug-likeness (QED) is 0.610. The highest BCUT2D eigenvalue weighted by Crippen LogP contribution is 2.23. The number of nitrogens with one attached hydrogen (secondary N) is 1. The molecule has 28 heavy (non-hydrogen) atoms. The highest BCUT2D eigenvalue weighted by atomic mass is 32.1. The summed E-state index contributed by atoms with van der Waals surface area (Å²) >= 11 is 1.70. The van der Waals surface area contributed by atoms with Gasteiger partial charge in [-0.25, -0.2) is 4.98 Å². The smallest absolute Gasteiger partial charge is 0.236 e. The molecule has 0 saturated carbocycles. The Hall–Kier alpha value is -1.67. The molecule has 7 nitrogen and oxygen atoms in total. The number of nitrogens with zero attached hydrogens (tertiary/aromatic N) is 5. The number of amides is 1. The lowest BCUT2D eigenvalue weighted by molar-refractivity contribution is -0.131. The lowest BCUT2D eigenvalue weighted by Gasteiger charge is -2.36. The average Bonchev–Trinajstić information content (AvgIpc) is 3.35. The van der Waals surface area contributed by atoms with E-state index in [1.54, 1.807) is 11.3 Å². The fourth-order valence-electron chi connectivity index (χ4n) is 3.60. The summed E-state index contributed by atoms with van der Waals surface area (Å²) in [5.41, 5.74) is 1.22. The van der Waals surface area contributed by atoms with Crippen molar-refractivity contribution in [2.45, 2.75) is 45.6 Å². The number of hydrogen-bond donors (Lipinski definition) is 1. The maximum atomic E-state index is 12.3. The van der Waals surface area contributed by atoms with Gasteiger partial charge in [0.05, 0.1) is 18.8 Å².